The van der Waals surface area contributed by atoms with Crippen LogP contribution in [0.25, 0.3) is 11.5 Å². The zero-order valence-electron chi connectivity index (χ0n) is 15.3. The first-order chi connectivity index (χ1) is 13.6. The van der Waals surface area contributed by atoms with E-state index in [1.165, 1.54) is 4.90 Å². The SMILES string of the molecule is COc1ccc(CC(=O)N2CCC(F)(c3noc(-c4ccncc4)n3)C2)cc1. The zero-order valence-corrected chi connectivity index (χ0v) is 15.3. The topological polar surface area (TPSA) is 81.4 Å². The quantitative estimate of drug-likeness (QED) is 0.675. The summed E-state index contributed by atoms with van der Waals surface area (Å²) in [6.07, 6.45) is 3.53. The van der Waals surface area contributed by atoms with Crippen LogP contribution in [-0.2, 0) is 16.9 Å². The van der Waals surface area contributed by atoms with E-state index in [-0.39, 0.29) is 37.0 Å². The molecule has 0 radical (unpaired) electrons. The number of pyridine rings is 1. The largest absolute Gasteiger partial charge is 0.497 e. The van der Waals surface area contributed by atoms with Crippen molar-refractivity contribution in [1.82, 2.24) is 20.0 Å². The summed E-state index contributed by atoms with van der Waals surface area (Å²) in [6, 6.07) is 10.7. The van der Waals surface area contributed by atoms with Gasteiger partial charge in [-0.3, -0.25) is 9.78 Å². The molecule has 1 aromatic carbocycles. The fraction of sp³-hybridized carbons (Fsp3) is 0.300. The first kappa shape index (κ1) is 18.1. The molecule has 0 N–H and O–H groups in total. The van der Waals surface area contributed by atoms with E-state index in [0.29, 0.717) is 12.1 Å². The lowest BCUT2D eigenvalue weighted by Gasteiger charge is -2.18. The van der Waals surface area contributed by atoms with Crippen LogP contribution in [0.4, 0.5) is 4.39 Å². The Kier molecular flexibility index (Phi) is 4.77. The molecule has 1 aliphatic rings. The Morgan fingerprint density at radius 3 is 2.71 bits per heavy atom. The normalized spacial score (nSPS) is 19.0. The Labute approximate surface area is 161 Å². The minimum Gasteiger partial charge on any atom is -0.497 e. The van der Waals surface area contributed by atoms with E-state index >= 15 is 4.39 Å². The first-order valence-electron chi connectivity index (χ1n) is 8.92. The van der Waals surface area contributed by atoms with Crippen molar-refractivity contribution in [3.05, 3.63) is 60.2 Å². The zero-order chi connectivity index (χ0) is 19.6. The number of rotatable bonds is 5. The van der Waals surface area contributed by atoms with E-state index in [2.05, 4.69) is 15.1 Å². The Morgan fingerprint density at radius 2 is 2.00 bits per heavy atom. The summed E-state index contributed by atoms with van der Waals surface area (Å²) in [7, 11) is 1.59. The van der Waals surface area contributed by atoms with Crippen molar-refractivity contribution in [2.24, 2.45) is 0 Å². The lowest BCUT2D eigenvalue weighted by molar-refractivity contribution is -0.130. The predicted molar refractivity (Wildman–Crippen MR) is 98.2 cm³/mol. The molecular formula is C20H19FN4O3. The smallest absolute Gasteiger partial charge is 0.258 e. The number of carbonyl (C=O) groups is 1. The fourth-order valence-electron chi connectivity index (χ4n) is 3.22. The number of benzene rings is 1. The van der Waals surface area contributed by atoms with Gasteiger partial charge in [0.1, 0.15) is 5.75 Å². The van der Waals surface area contributed by atoms with Crippen LogP contribution in [0.2, 0.25) is 0 Å². The van der Waals surface area contributed by atoms with Crippen LogP contribution in [0, 0.1) is 0 Å². The Morgan fingerprint density at radius 1 is 1.25 bits per heavy atom. The van der Waals surface area contributed by atoms with Gasteiger partial charge in [-0.1, -0.05) is 17.3 Å². The molecule has 0 saturated carbocycles. The number of likely N-dealkylation sites (tertiary alicyclic amines) is 1. The molecule has 28 heavy (non-hydrogen) atoms. The summed E-state index contributed by atoms with van der Waals surface area (Å²) in [5, 5.41) is 3.81. The molecule has 1 unspecified atom stereocenters. The number of nitrogens with zero attached hydrogens (tertiary/aromatic N) is 4. The van der Waals surface area contributed by atoms with Crippen molar-refractivity contribution in [3.63, 3.8) is 0 Å². The summed E-state index contributed by atoms with van der Waals surface area (Å²) in [5.41, 5.74) is -0.297. The maximum Gasteiger partial charge on any atom is 0.258 e. The van der Waals surface area contributed by atoms with E-state index in [1.807, 2.05) is 12.1 Å². The Bertz CT molecular complexity index is 961. The number of methoxy groups -OCH3 is 1. The van der Waals surface area contributed by atoms with Gasteiger partial charge in [0.05, 0.1) is 20.1 Å². The summed E-state index contributed by atoms with van der Waals surface area (Å²) >= 11 is 0. The van der Waals surface area contributed by atoms with Crippen molar-refractivity contribution in [3.8, 4) is 17.2 Å². The minimum atomic E-state index is -1.82. The molecule has 1 fully saturated rings. The average Bonchev–Trinajstić information content (AvgIpc) is 3.38. The van der Waals surface area contributed by atoms with Gasteiger partial charge < -0.3 is 14.2 Å². The van der Waals surface area contributed by atoms with Crippen LogP contribution >= 0.6 is 0 Å². The van der Waals surface area contributed by atoms with Crippen molar-refractivity contribution >= 4 is 5.91 Å². The van der Waals surface area contributed by atoms with Gasteiger partial charge in [0.15, 0.2) is 5.67 Å². The van der Waals surface area contributed by atoms with E-state index in [9.17, 15) is 4.79 Å². The van der Waals surface area contributed by atoms with Gasteiger partial charge in [-0.25, -0.2) is 4.39 Å². The van der Waals surface area contributed by atoms with E-state index in [1.54, 1.807) is 43.8 Å². The van der Waals surface area contributed by atoms with E-state index < -0.39 is 5.67 Å². The molecule has 4 rings (SSSR count). The second-order valence-corrected chi connectivity index (χ2v) is 6.71. The Hall–Kier alpha value is -3.29. The van der Waals surface area contributed by atoms with Crippen LogP contribution in [0.5, 0.6) is 5.75 Å². The maximum atomic E-state index is 15.4. The summed E-state index contributed by atoms with van der Waals surface area (Å²) < 4.78 is 25.7. The van der Waals surface area contributed by atoms with Gasteiger partial charge in [0.2, 0.25) is 11.7 Å². The third kappa shape index (κ3) is 3.58. The fourth-order valence-corrected chi connectivity index (χ4v) is 3.22. The molecule has 0 bridgehead atoms. The standard InChI is InChI=1S/C20H19FN4O3/c1-27-16-4-2-14(3-5-16)12-17(26)25-11-8-20(21,13-25)19-23-18(28-24-19)15-6-9-22-10-7-15/h2-7,9-10H,8,11-13H2,1H3. The van der Waals surface area contributed by atoms with Crippen LogP contribution in [0.3, 0.4) is 0 Å². The third-order valence-electron chi connectivity index (χ3n) is 4.84. The van der Waals surface area contributed by atoms with Crippen LogP contribution in [0.1, 0.15) is 17.8 Å². The molecule has 8 heteroatoms. The number of halogens is 1. The van der Waals surface area contributed by atoms with Gasteiger partial charge in [-0.15, -0.1) is 0 Å². The molecule has 0 spiro atoms. The number of hydrogen-bond donors (Lipinski definition) is 0. The molecule has 1 amide bonds. The monoisotopic (exact) mass is 382 g/mol. The van der Waals surface area contributed by atoms with Crippen molar-refractivity contribution < 1.29 is 18.4 Å². The van der Waals surface area contributed by atoms with Gasteiger partial charge in [-0.2, -0.15) is 4.98 Å². The highest BCUT2D eigenvalue weighted by Crippen LogP contribution is 2.35. The number of ether oxygens (including phenoxy) is 1. The Balaban J connectivity index is 1.43. The second-order valence-electron chi connectivity index (χ2n) is 6.71. The highest BCUT2D eigenvalue weighted by Gasteiger charge is 2.45. The summed E-state index contributed by atoms with van der Waals surface area (Å²) in [4.78, 5) is 22.2. The molecule has 1 atom stereocenters. The number of alkyl halides is 1. The van der Waals surface area contributed by atoms with E-state index in [4.69, 9.17) is 9.26 Å². The van der Waals surface area contributed by atoms with Crippen molar-refractivity contribution in [2.45, 2.75) is 18.5 Å². The average molecular weight is 382 g/mol. The first-order valence-corrected chi connectivity index (χ1v) is 8.92. The summed E-state index contributed by atoms with van der Waals surface area (Å²) in [6.45, 7) is 0.224. The van der Waals surface area contributed by atoms with Gasteiger partial charge in [0.25, 0.3) is 5.89 Å². The highest BCUT2D eigenvalue weighted by molar-refractivity contribution is 5.79. The second kappa shape index (κ2) is 7.38. The molecule has 3 heterocycles. The summed E-state index contributed by atoms with van der Waals surface area (Å²) in [5.74, 6) is 0.793. The molecule has 2 aromatic heterocycles. The number of aromatic nitrogens is 3. The van der Waals surface area contributed by atoms with Crippen LogP contribution in [-0.4, -0.2) is 46.1 Å². The van der Waals surface area contributed by atoms with Gasteiger partial charge >= 0.3 is 0 Å². The highest BCUT2D eigenvalue weighted by atomic mass is 19.1. The number of hydrogen-bond acceptors (Lipinski definition) is 6. The predicted octanol–water partition coefficient (Wildman–Crippen LogP) is 2.78. The van der Waals surface area contributed by atoms with Crippen LogP contribution in [0.15, 0.2) is 53.3 Å². The van der Waals surface area contributed by atoms with Crippen molar-refractivity contribution in [1.29, 1.82) is 0 Å². The molecule has 1 saturated heterocycles. The lowest BCUT2D eigenvalue weighted by atomic mass is 10.1. The van der Waals surface area contributed by atoms with Gasteiger partial charge in [0, 0.05) is 30.9 Å². The molecular weight excluding hydrogens is 363 g/mol. The van der Waals surface area contributed by atoms with Gasteiger partial charge in [-0.05, 0) is 29.8 Å². The maximum absolute atomic E-state index is 15.4. The molecule has 3 aromatic rings. The minimum absolute atomic E-state index is 0.0286. The lowest BCUT2D eigenvalue weighted by Crippen LogP contribution is -2.33. The third-order valence-corrected chi connectivity index (χ3v) is 4.84. The molecule has 0 aliphatic carbocycles. The van der Waals surface area contributed by atoms with E-state index in [0.717, 1.165) is 11.3 Å². The number of carbonyl (C=O) groups excluding carboxylic acids is 1. The molecule has 1 aliphatic heterocycles. The molecule has 144 valence electrons. The number of amides is 1. The van der Waals surface area contributed by atoms with Crippen molar-refractivity contribution in [2.75, 3.05) is 20.2 Å². The van der Waals surface area contributed by atoms with Crippen LogP contribution < -0.4 is 4.74 Å². The molecule has 7 nitrogen and oxygen atoms in total.